The van der Waals surface area contributed by atoms with Crippen molar-refractivity contribution < 1.29 is 13.9 Å². The predicted octanol–water partition coefficient (Wildman–Crippen LogP) is 6.00. The largest absolute Gasteiger partial charge is 0.423 e. The fourth-order valence-electron chi connectivity index (χ4n) is 2.52. The van der Waals surface area contributed by atoms with Crippen LogP contribution in [0.3, 0.4) is 0 Å². The van der Waals surface area contributed by atoms with Crippen molar-refractivity contribution in [2.24, 2.45) is 0 Å². The van der Waals surface area contributed by atoms with Gasteiger partial charge >= 0.3 is 5.97 Å². The van der Waals surface area contributed by atoms with Gasteiger partial charge in [0.25, 0.3) is 0 Å². The third-order valence-electron chi connectivity index (χ3n) is 3.99. The lowest BCUT2D eigenvalue weighted by molar-refractivity contribution is 0.0735. The number of benzene rings is 3. The highest BCUT2D eigenvalue weighted by molar-refractivity contribution is 5.91. The zero-order valence-electron chi connectivity index (χ0n) is 14.1. The van der Waals surface area contributed by atoms with E-state index in [0.717, 1.165) is 11.1 Å². The van der Waals surface area contributed by atoms with Gasteiger partial charge in [-0.1, -0.05) is 61.7 Å². The molecule has 0 radical (unpaired) electrons. The molecule has 0 amide bonds. The van der Waals surface area contributed by atoms with Gasteiger partial charge in [0.1, 0.15) is 11.6 Å². The van der Waals surface area contributed by atoms with E-state index < -0.39 is 5.97 Å². The second kappa shape index (κ2) is 7.62. The summed E-state index contributed by atoms with van der Waals surface area (Å²) in [5.41, 5.74) is 3.28. The first-order valence-electron chi connectivity index (χ1n) is 8.08. The van der Waals surface area contributed by atoms with E-state index in [4.69, 9.17) is 4.74 Å². The summed E-state index contributed by atoms with van der Waals surface area (Å²) in [6, 6.07) is 18.6. The second-order valence-corrected chi connectivity index (χ2v) is 5.68. The Morgan fingerprint density at radius 2 is 1.46 bits per heavy atom. The van der Waals surface area contributed by atoms with Gasteiger partial charge in [-0.3, -0.25) is 0 Å². The highest BCUT2D eigenvalue weighted by Gasteiger charge is 2.10. The Morgan fingerprint density at radius 3 is 2.04 bits per heavy atom. The number of carbonyl (C=O) groups excluding carboxylic acids is 1. The van der Waals surface area contributed by atoms with Crippen LogP contribution < -0.4 is 4.74 Å². The van der Waals surface area contributed by atoms with Crippen LogP contribution in [-0.2, 0) is 0 Å². The Bertz CT molecular complexity index is 955. The zero-order valence-corrected chi connectivity index (χ0v) is 14.1. The van der Waals surface area contributed by atoms with Crippen LogP contribution in [0.25, 0.3) is 23.3 Å². The van der Waals surface area contributed by atoms with E-state index in [-0.39, 0.29) is 5.82 Å². The molecule has 0 spiro atoms. The first-order chi connectivity index (χ1) is 12.6. The van der Waals surface area contributed by atoms with Crippen molar-refractivity contribution in [3.05, 3.63) is 102 Å². The van der Waals surface area contributed by atoms with Gasteiger partial charge in [0.15, 0.2) is 0 Å². The molecule has 128 valence electrons. The molecule has 3 rings (SSSR count). The fraction of sp³-hybridized carbons (Fsp3) is 0. The van der Waals surface area contributed by atoms with Gasteiger partial charge in [0, 0.05) is 5.56 Å². The van der Waals surface area contributed by atoms with E-state index in [2.05, 4.69) is 13.2 Å². The van der Waals surface area contributed by atoms with Gasteiger partial charge in [-0.15, -0.1) is 0 Å². The van der Waals surface area contributed by atoms with E-state index in [1.165, 1.54) is 6.07 Å². The van der Waals surface area contributed by atoms with Crippen molar-refractivity contribution in [3.8, 4) is 16.9 Å². The molecule has 0 bridgehead atoms. The molecule has 0 aliphatic carbocycles. The van der Waals surface area contributed by atoms with Crippen LogP contribution in [0, 0.1) is 5.82 Å². The zero-order chi connectivity index (χ0) is 18.5. The van der Waals surface area contributed by atoms with E-state index in [1.54, 1.807) is 72.8 Å². The van der Waals surface area contributed by atoms with Gasteiger partial charge < -0.3 is 4.74 Å². The van der Waals surface area contributed by atoms with E-state index in [9.17, 15) is 9.18 Å². The van der Waals surface area contributed by atoms with Gasteiger partial charge in [-0.05, 0) is 47.0 Å². The molecule has 0 fully saturated rings. The van der Waals surface area contributed by atoms with Crippen molar-refractivity contribution in [2.75, 3.05) is 0 Å². The minimum atomic E-state index is -0.449. The normalized spacial score (nSPS) is 10.2. The maximum absolute atomic E-state index is 14.2. The number of hydrogen-bond donors (Lipinski definition) is 0. The van der Waals surface area contributed by atoms with Crippen LogP contribution in [0.5, 0.6) is 5.75 Å². The minimum absolute atomic E-state index is 0.325. The molecule has 0 saturated heterocycles. The summed E-state index contributed by atoms with van der Waals surface area (Å²) in [6.07, 6.45) is 3.30. The lowest BCUT2D eigenvalue weighted by atomic mass is 10.0. The molecular formula is C23H17FO2. The van der Waals surface area contributed by atoms with Crippen LogP contribution >= 0.6 is 0 Å². The van der Waals surface area contributed by atoms with Crippen LogP contribution in [0.2, 0.25) is 0 Å². The molecule has 26 heavy (non-hydrogen) atoms. The smallest absolute Gasteiger partial charge is 0.343 e. The van der Waals surface area contributed by atoms with Crippen molar-refractivity contribution >= 4 is 18.1 Å². The highest BCUT2D eigenvalue weighted by Crippen LogP contribution is 2.26. The number of ether oxygens (including phenoxy) is 1. The minimum Gasteiger partial charge on any atom is -0.423 e. The van der Waals surface area contributed by atoms with Crippen molar-refractivity contribution in [3.63, 3.8) is 0 Å². The van der Waals surface area contributed by atoms with Gasteiger partial charge in [-0.2, -0.15) is 0 Å². The number of halogens is 1. The number of hydrogen-bond acceptors (Lipinski definition) is 2. The highest BCUT2D eigenvalue weighted by atomic mass is 19.1. The van der Waals surface area contributed by atoms with E-state index in [1.807, 2.05) is 0 Å². The van der Waals surface area contributed by atoms with Crippen LogP contribution in [0.15, 0.2) is 79.9 Å². The molecular weight excluding hydrogens is 327 g/mol. The molecule has 3 aromatic carbocycles. The molecule has 0 saturated carbocycles. The van der Waals surface area contributed by atoms with Gasteiger partial charge in [0.2, 0.25) is 0 Å². The molecule has 0 aliphatic rings. The predicted molar refractivity (Wildman–Crippen MR) is 103 cm³/mol. The van der Waals surface area contributed by atoms with Crippen molar-refractivity contribution in [1.82, 2.24) is 0 Å². The Morgan fingerprint density at radius 1 is 0.846 bits per heavy atom. The molecule has 0 heterocycles. The van der Waals surface area contributed by atoms with Gasteiger partial charge in [-0.25, -0.2) is 9.18 Å². The molecule has 0 aliphatic heterocycles. The molecule has 0 aromatic heterocycles. The fourth-order valence-corrected chi connectivity index (χ4v) is 2.52. The first-order valence-corrected chi connectivity index (χ1v) is 8.08. The third-order valence-corrected chi connectivity index (χ3v) is 3.99. The number of esters is 1. The summed E-state index contributed by atoms with van der Waals surface area (Å²) >= 11 is 0. The lowest BCUT2D eigenvalue weighted by Crippen LogP contribution is -2.08. The quantitative estimate of drug-likeness (QED) is 0.419. The van der Waals surface area contributed by atoms with Crippen LogP contribution in [0.4, 0.5) is 4.39 Å². The average Bonchev–Trinajstić information content (AvgIpc) is 2.68. The van der Waals surface area contributed by atoms with E-state index in [0.29, 0.717) is 22.4 Å². The molecule has 0 atom stereocenters. The maximum Gasteiger partial charge on any atom is 0.343 e. The third kappa shape index (κ3) is 3.78. The summed E-state index contributed by atoms with van der Waals surface area (Å²) in [4.78, 5) is 12.2. The number of rotatable bonds is 5. The van der Waals surface area contributed by atoms with Crippen molar-refractivity contribution in [1.29, 1.82) is 0 Å². The van der Waals surface area contributed by atoms with E-state index >= 15 is 0 Å². The Labute approximate surface area is 151 Å². The maximum atomic E-state index is 14.2. The SMILES string of the molecule is C=Cc1ccc(C(=O)Oc2ccc(-c3ccc(C=C)cc3F)cc2)cc1. The molecule has 0 unspecified atom stereocenters. The lowest BCUT2D eigenvalue weighted by Gasteiger charge is -2.08. The summed E-state index contributed by atoms with van der Waals surface area (Å²) in [5.74, 6) is -0.376. The standard InChI is InChI=1S/C23H17FO2/c1-3-16-5-8-19(9-6-16)23(25)26-20-12-10-18(11-13-20)21-14-7-17(4-2)15-22(21)24/h3-15H,1-2H2. The summed E-state index contributed by atoms with van der Waals surface area (Å²) in [7, 11) is 0. The number of carbonyl (C=O) groups is 1. The topological polar surface area (TPSA) is 26.3 Å². The molecule has 2 nitrogen and oxygen atoms in total. The Kier molecular flexibility index (Phi) is 5.09. The van der Waals surface area contributed by atoms with Crippen molar-refractivity contribution in [2.45, 2.75) is 0 Å². The van der Waals surface area contributed by atoms with Gasteiger partial charge in [0.05, 0.1) is 5.56 Å². The van der Waals surface area contributed by atoms with Crippen LogP contribution in [-0.4, -0.2) is 5.97 Å². The monoisotopic (exact) mass is 344 g/mol. The Balaban J connectivity index is 1.75. The molecule has 3 heteroatoms. The van der Waals surface area contributed by atoms with Crippen LogP contribution in [0.1, 0.15) is 21.5 Å². The first kappa shape index (κ1) is 17.4. The molecule has 3 aromatic rings. The Hall–Kier alpha value is -3.46. The molecule has 0 N–H and O–H groups in total. The summed E-state index contributed by atoms with van der Waals surface area (Å²) in [6.45, 7) is 7.30. The summed E-state index contributed by atoms with van der Waals surface area (Å²) < 4.78 is 19.5. The second-order valence-electron chi connectivity index (χ2n) is 5.68. The summed E-state index contributed by atoms with van der Waals surface area (Å²) in [5, 5.41) is 0. The average molecular weight is 344 g/mol.